The van der Waals surface area contributed by atoms with Crippen LogP contribution in [0.15, 0.2) is 0 Å². The van der Waals surface area contributed by atoms with Crippen molar-refractivity contribution in [2.24, 2.45) is 0 Å². The number of nitrogens with two attached hydrogens (primary N) is 1. The molecule has 116 valence electrons. The molecule has 0 bridgehead atoms. The molecule has 0 aromatic carbocycles. The van der Waals surface area contributed by atoms with Gasteiger partial charge in [0.05, 0.1) is 5.69 Å². The van der Waals surface area contributed by atoms with E-state index in [1.165, 1.54) is 11.3 Å². The summed E-state index contributed by atoms with van der Waals surface area (Å²) in [6.45, 7) is 4.21. The summed E-state index contributed by atoms with van der Waals surface area (Å²) in [4.78, 5) is 16.5. The maximum Gasteiger partial charge on any atom is 0.263 e. The molecule has 1 heterocycles. The first kappa shape index (κ1) is 17.3. The van der Waals surface area contributed by atoms with Gasteiger partial charge >= 0.3 is 0 Å². The van der Waals surface area contributed by atoms with E-state index in [9.17, 15) is 10.1 Å². The number of rotatable bonds is 7. The molecule has 0 aliphatic heterocycles. The highest BCUT2D eigenvalue weighted by atomic mass is 32.1. The Hall–Kier alpha value is -1.78. The van der Waals surface area contributed by atoms with Crippen molar-refractivity contribution in [3.63, 3.8) is 0 Å². The second-order valence-electron chi connectivity index (χ2n) is 5.12. The topological polar surface area (TPSA) is 85.4 Å². The van der Waals surface area contributed by atoms with E-state index in [1.807, 2.05) is 33.0 Å². The molecule has 0 saturated heterocycles. The lowest BCUT2D eigenvalue weighted by Gasteiger charge is -2.20. The molecule has 0 unspecified atom stereocenters. The molecule has 7 heteroatoms. The number of amides is 1. The molecule has 0 aliphatic rings. The van der Waals surface area contributed by atoms with Gasteiger partial charge in [-0.15, -0.1) is 11.3 Å². The van der Waals surface area contributed by atoms with Gasteiger partial charge in [0.25, 0.3) is 5.91 Å². The third-order valence-corrected chi connectivity index (χ3v) is 4.33. The van der Waals surface area contributed by atoms with E-state index in [4.69, 9.17) is 5.73 Å². The maximum atomic E-state index is 12.1. The molecule has 1 rings (SSSR count). The highest BCUT2D eigenvalue weighted by molar-refractivity contribution is 7.19. The van der Waals surface area contributed by atoms with Gasteiger partial charge in [-0.1, -0.05) is 6.92 Å². The van der Waals surface area contributed by atoms with E-state index in [1.54, 1.807) is 0 Å². The minimum atomic E-state index is -0.205. The Morgan fingerprint density at radius 3 is 2.57 bits per heavy atom. The number of carbonyl (C=O) groups excluding carboxylic acids is 1. The third kappa shape index (κ3) is 4.34. The molecular weight excluding hydrogens is 286 g/mol. The average Bonchev–Trinajstić information content (AvgIpc) is 2.79. The van der Waals surface area contributed by atoms with Crippen LogP contribution in [0, 0.1) is 11.3 Å². The van der Waals surface area contributed by atoms with Gasteiger partial charge in [0, 0.05) is 26.7 Å². The van der Waals surface area contributed by atoms with Crippen LogP contribution in [-0.4, -0.2) is 51.6 Å². The van der Waals surface area contributed by atoms with Crippen LogP contribution in [0.3, 0.4) is 0 Å². The largest absolute Gasteiger partial charge is 0.396 e. The number of nitrogens with zero attached hydrogens (tertiary/aromatic N) is 3. The SMILES string of the molecule is CCCNC(=O)c1sc(N(C)CCN(C)C)c(C#N)c1N. The van der Waals surface area contributed by atoms with Crippen molar-refractivity contribution in [2.75, 3.05) is 51.4 Å². The van der Waals surface area contributed by atoms with Crippen molar-refractivity contribution in [3.05, 3.63) is 10.4 Å². The Bertz CT molecular complexity index is 532. The average molecular weight is 309 g/mol. The summed E-state index contributed by atoms with van der Waals surface area (Å²) in [5, 5.41) is 12.9. The predicted molar refractivity (Wildman–Crippen MR) is 87.9 cm³/mol. The Labute approximate surface area is 130 Å². The first-order valence-electron chi connectivity index (χ1n) is 6.88. The van der Waals surface area contributed by atoms with E-state index in [-0.39, 0.29) is 11.6 Å². The van der Waals surface area contributed by atoms with Crippen LogP contribution in [0.5, 0.6) is 0 Å². The molecule has 6 nitrogen and oxygen atoms in total. The second kappa shape index (κ2) is 7.86. The van der Waals surface area contributed by atoms with Crippen LogP contribution in [0.4, 0.5) is 10.7 Å². The van der Waals surface area contributed by atoms with Gasteiger partial charge in [-0.3, -0.25) is 4.79 Å². The quantitative estimate of drug-likeness (QED) is 0.794. The zero-order chi connectivity index (χ0) is 16.0. The van der Waals surface area contributed by atoms with Crippen LogP contribution in [-0.2, 0) is 0 Å². The van der Waals surface area contributed by atoms with Gasteiger partial charge in [-0.2, -0.15) is 5.26 Å². The van der Waals surface area contributed by atoms with Crippen molar-refractivity contribution in [2.45, 2.75) is 13.3 Å². The number of nitriles is 1. The standard InChI is InChI=1S/C14H23N5OS/c1-5-6-17-13(20)12-11(16)10(9-15)14(21-12)19(4)8-7-18(2)3/h5-8,16H2,1-4H3,(H,17,20). The van der Waals surface area contributed by atoms with E-state index in [0.29, 0.717) is 17.0 Å². The summed E-state index contributed by atoms with van der Waals surface area (Å²) in [5.74, 6) is -0.205. The number of carbonyl (C=O) groups is 1. The molecule has 0 radical (unpaired) electrons. The smallest absolute Gasteiger partial charge is 0.263 e. The molecule has 21 heavy (non-hydrogen) atoms. The third-order valence-electron chi connectivity index (χ3n) is 3.01. The summed E-state index contributed by atoms with van der Waals surface area (Å²) in [7, 11) is 5.89. The number of hydrogen-bond acceptors (Lipinski definition) is 6. The molecule has 0 fully saturated rings. The second-order valence-corrected chi connectivity index (χ2v) is 6.12. The lowest BCUT2D eigenvalue weighted by Crippen LogP contribution is -2.28. The van der Waals surface area contributed by atoms with Gasteiger partial charge in [-0.05, 0) is 20.5 Å². The van der Waals surface area contributed by atoms with E-state index < -0.39 is 0 Å². The van der Waals surface area contributed by atoms with E-state index in [2.05, 4.69) is 16.3 Å². The summed E-state index contributed by atoms with van der Waals surface area (Å²) in [6.07, 6.45) is 0.859. The normalized spacial score (nSPS) is 10.5. The summed E-state index contributed by atoms with van der Waals surface area (Å²) in [6, 6.07) is 2.11. The fraction of sp³-hybridized carbons (Fsp3) is 0.571. The van der Waals surface area contributed by atoms with Gasteiger partial charge in [-0.25, -0.2) is 0 Å². The van der Waals surface area contributed by atoms with Crippen LogP contribution in [0.2, 0.25) is 0 Å². The van der Waals surface area contributed by atoms with Gasteiger partial charge in [0.15, 0.2) is 0 Å². The maximum absolute atomic E-state index is 12.1. The molecule has 1 amide bonds. The molecule has 1 aromatic heterocycles. The van der Waals surface area contributed by atoms with Crippen molar-refractivity contribution in [1.82, 2.24) is 10.2 Å². The minimum Gasteiger partial charge on any atom is -0.396 e. The van der Waals surface area contributed by atoms with Crippen molar-refractivity contribution in [1.29, 1.82) is 5.26 Å². The zero-order valence-corrected chi connectivity index (χ0v) is 13.9. The molecule has 0 saturated carbocycles. The number of nitrogen functional groups attached to an aromatic ring is 1. The fourth-order valence-electron chi connectivity index (χ4n) is 1.75. The zero-order valence-electron chi connectivity index (χ0n) is 13.1. The highest BCUT2D eigenvalue weighted by Gasteiger charge is 2.22. The van der Waals surface area contributed by atoms with Crippen molar-refractivity contribution < 1.29 is 4.79 Å². The lowest BCUT2D eigenvalue weighted by atomic mass is 10.2. The molecule has 3 N–H and O–H groups in total. The molecule has 0 spiro atoms. The molecular formula is C14H23N5OS. The first-order chi connectivity index (χ1) is 9.92. The molecule has 1 aromatic rings. The van der Waals surface area contributed by atoms with E-state index in [0.717, 1.165) is 24.5 Å². The summed E-state index contributed by atoms with van der Waals surface area (Å²) >= 11 is 1.28. The lowest BCUT2D eigenvalue weighted by molar-refractivity contribution is 0.0958. The van der Waals surface area contributed by atoms with Crippen molar-refractivity contribution >= 4 is 27.9 Å². The Morgan fingerprint density at radius 1 is 1.38 bits per heavy atom. The minimum absolute atomic E-state index is 0.205. The molecule has 0 aliphatic carbocycles. The number of nitrogens with one attached hydrogen (secondary N) is 1. The highest BCUT2D eigenvalue weighted by Crippen LogP contribution is 2.37. The Morgan fingerprint density at radius 2 is 2.05 bits per heavy atom. The number of thiophene rings is 1. The monoisotopic (exact) mass is 309 g/mol. The van der Waals surface area contributed by atoms with Crippen LogP contribution < -0.4 is 16.0 Å². The Balaban J connectivity index is 3.00. The fourth-order valence-corrected chi connectivity index (χ4v) is 2.82. The predicted octanol–water partition coefficient (Wildman–Crippen LogP) is 1.34. The molecule has 0 atom stereocenters. The van der Waals surface area contributed by atoms with Crippen LogP contribution in [0.25, 0.3) is 0 Å². The first-order valence-corrected chi connectivity index (χ1v) is 7.70. The van der Waals surface area contributed by atoms with E-state index >= 15 is 0 Å². The van der Waals surface area contributed by atoms with Gasteiger partial charge < -0.3 is 20.9 Å². The summed E-state index contributed by atoms with van der Waals surface area (Å²) in [5.41, 5.74) is 6.64. The van der Waals surface area contributed by atoms with Crippen LogP contribution >= 0.6 is 11.3 Å². The van der Waals surface area contributed by atoms with Gasteiger partial charge in [0.2, 0.25) is 0 Å². The van der Waals surface area contributed by atoms with Crippen molar-refractivity contribution in [3.8, 4) is 6.07 Å². The number of likely N-dealkylation sites (N-methyl/N-ethyl adjacent to an activating group) is 2. The van der Waals surface area contributed by atoms with Gasteiger partial charge in [0.1, 0.15) is 21.5 Å². The number of anilines is 2. The Kier molecular flexibility index (Phi) is 6.46. The summed E-state index contributed by atoms with van der Waals surface area (Å²) < 4.78 is 0. The van der Waals surface area contributed by atoms with Crippen LogP contribution in [0.1, 0.15) is 28.6 Å². The number of hydrogen-bond donors (Lipinski definition) is 2.